The minimum Gasteiger partial charge on any atom is -0.369 e. The number of nitrogens with two attached hydrogens (primary N) is 1. The average Bonchev–Trinajstić information content (AvgIpc) is 2.73. The Morgan fingerprint density at radius 2 is 2.15 bits per heavy atom. The zero-order valence-corrected chi connectivity index (χ0v) is 12.3. The van der Waals surface area contributed by atoms with E-state index in [2.05, 4.69) is 29.1 Å². The maximum atomic E-state index is 12.2. The number of aryl methyl sites for hydroxylation is 1. The number of rotatable bonds is 4. The molecule has 2 aromatic rings. The molecule has 108 valence electrons. The SMILES string of the molecule is Cc1ccnc2c1nc(N)n2C(C)C(=O)NCC(C)C. The van der Waals surface area contributed by atoms with Crippen molar-refractivity contribution in [2.24, 2.45) is 5.92 Å². The number of hydrogen-bond acceptors (Lipinski definition) is 4. The molecule has 0 saturated carbocycles. The lowest BCUT2D eigenvalue weighted by atomic mass is 10.2. The van der Waals surface area contributed by atoms with Crippen molar-refractivity contribution in [1.29, 1.82) is 0 Å². The van der Waals surface area contributed by atoms with E-state index in [0.29, 0.717) is 24.1 Å². The molecule has 0 radical (unpaired) electrons. The number of nitrogen functional groups attached to an aromatic ring is 1. The molecule has 0 aliphatic heterocycles. The monoisotopic (exact) mass is 275 g/mol. The smallest absolute Gasteiger partial charge is 0.242 e. The van der Waals surface area contributed by atoms with Gasteiger partial charge in [0.25, 0.3) is 0 Å². The summed E-state index contributed by atoms with van der Waals surface area (Å²) < 4.78 is 1.68. The van der Waals surface area contributed by atoms with Gasteiger partial charge in [-0.2, -0.15) is 0 Å². The maximum absolute atomic E-state index is 12.2. The van der Waals surface area contributed by atoms with Crippen LogP contribution in [-0.4, -0.2) is 27.0 Å². The highest BCUT2D eigenvalue weighted by Crippen LogP contribution is 2.23. The number of anilines is 1. The summed E-state index contributed by atoms with van der Waals surface area (Å²) in [5, 5.41) is 2.91. The van der Waals surface area contributed by atoms with Gasteiger partial charge in [0.15, 0.2) is 5.65 Å². The van der Waals surface area contributed by atoms with E-state index in [1.54, 1.807) is 17.7 Å². The van der Waals surface area contributed by atoms with Crippen LogP contribution in [0.15, 0.2) is 12.3 Å². The molecule has 0 aliphatic carbocycles. The number of nitrogens with one attached hydrogen (secondary N) is 1. The molecule has 3 N–H and O–H groups in total. The van der Waals surface area contributed by atoms with Gasteiger partial charge in [-0.15, -0.1) is 0 Å². The van der Waals surface area contributed by atoms with Gasteiger partial charge in [-0.3, -0.25) is 9.36 Å². The predicted molar refractivity (Wildman–Crippen MR) is 79.2 cm³/mol. The number of imidazole rings is 1. The molecule has 1 unspecified atom stereocenters. The number of amides is 1. The van der Waals surface area contributed by atoms with Gasteiger partial charge in [-0.1, -0.05) is 13.8 Å². The van der Waals surface area contributed by atoms with Crippen LogP contribution in [-0.2, 0) is 4.79 Å². The van der Waals surface area contributed by atoms with Crippen molar-refractivity contribution in [1.82, 2.24) is 19.9 Å². The molecule has 1 atom stereocenters. The number of pyridine rings is 1. The first-order valence-electron chi connectivity index (χ1n) is 6.78. The van der Waals surface area contributed by atoms with Gasteiger partial charge in [0.1, 0.15) is 11.6 Å². The van der Waals surface area contributed by atoms with Crippen molar-refractivity contribution in [3.05, 3.63) is 17.8 Å². The van der Waals surface area contributed by atoms with Crippen LogP contribution in [0.25, 0.3) is 11.2 Å². The van der Waals surface area contributed by atoms with Gasteiger partial charge in [-0.25, -0.2) is 9.97 Å². The minimum atomic E-state index is -0.437. The molecular formula is C14H21N5O. The van der Waals surface area contributed by atoms with Gasteiger partial charge in [0, 0.05) is 12.7 Å². The number of carbonyl (C=O) groups is 1. The topological polar surface area (TPSA) is 85.8 Å². The van der Waals surface area contributed by atoms with Crippen molar-refractivity contribution in [3.63, 3.8) is 0 Å². The second-order valence-electron chi connectivity index (χ2n) is 5.46. The summed E-state index contributed by atoms with van der Waals surface area (Å²) in [6, 6.07) is 1.44. The molecule has 0 spiro atoms. The molecule has 0 aromatic carbocycles. The first kappa shape index (κ1) is 14.3. The van der Waals surface area contributed by atoms with E-state index in [0.717, 1.165) is 11.1 Å². The van der Waals surface area contributed by atoms with Crippen LogP contribution in [0, 0.1) is 12.8 Å². The normalized spacial score (nSPS) is 12.8. The summed E-state index contributed by atoms with van der Waals surface area (Å²) in [4.78, 5) is 20.8. The van der Waals surface area contributed by atoms with Crippen LogP contribution in [0.3, 0.4) is 0 Å². The lowest BCUT2D eigenvalue weighted by molar-refractivity contribution is -0.123. The van der Waals surface area contributed by atoms with Gasteiger partial charge in [0.2, 0.25) is 11.9 Å². The molecule has 6 nitrogen and oxygen atoms in total. The van der Waals surface area contributed by atoms with Crippen molar-refractivity contribution in [2.75, 3.05) is 12.3 Å². The Morgan fingerprint density at radius 1 is 1.45 bits per heavy atom. The molecule has 20 heavy (non-hydrogen) atoms. The van der Waals surface area contributed by atoms with Crippen LogP contribution in [0.1, 0.15) is 32.4 Å². The number of aromatic nitrogens is 3. The predicted octanol–water partition coefficient (Wildman–Crippen LogP) is 1.66. The summed E-state index contributed by atoms with van der Waals surface area (Å²) in [7, 11) is 0. The molecule has 6 heteroatoms. The van der Waals surface area contributed by atoms with E-state index >= 15 is 0 Å². The fourth-order valence-electron chi connectivity index (χ4n) is 2.08. The Hall–Kier alpha value is -2.11. The zero-order valence-electron chi connectivity index (χ0n) is 12.3. The second kappa shape index (κ2) is 5.48. The van der Waals surface area contributed by atoms with Crippen molar-refractivity contribution in [3.8, 4) is 0 Å². The van der Waals surface area contributed by atoms with E-state index in [9.17, 15) is 4.79 Å². The van der Waals surface area contributed by atoms with E-state index in [4.69, 9.17) is 5.73 Å². The third-order valence-corrected chi connectivity index (χ3v) is 3.26. The largest absolute Gasteiger partial charge is 0.369 e. The molecule has 2 rings (SSSR count). The molecule has 0 bridgehead atoms. The Labute approximate surface area is 118 Å². The molecule has 2 aromatic heterocycles. The second-order valence-corrected chi connectivity index (χ2v) is 5.46. The highest BCUT2D eigenvalue weighted by molar-refractivity contribution is 5.84. The number of carbonyl (C=O) groups excluding carboxylic acids is 1. The average molecular weight is 275 g/mol. The van der Waals surface area contributed by atoms with Crippen LogP contribution in [0.4, 0.5) is 5.95 Å². The van der Waals surface area contributed by atoms with Gasteiger partial charge in [0.05, 0.1) is 0 Å². The van der Waals surface area contributed by atoms with Crippen LogP contribution in [0.2, 0.25) is 0 Å². The molecule has 0 saturated heterocycles. The summed E-state index contributed by atoms with van der Waals surface area (Å²) >= 11 is 0. The summed E-state index contributed by atoms with van der Waals surface area (Å²) in [6.45, 7) is 8.50. The fourth-order valence-corrected chi connectivity index (χ4v) is 2.08. The van der Waals surface area contributed by atoms with Crippen molar-refractivity contribution < 1.29 is 4.79 Å². The van der Waals surface area contributed by atoms with E-state index < -0.39 is 6.04 Å². The zero-order chi connectivity index (χ0) is 14.9. The Bertz CT molecular complexity index is 632. The quantitative estimate of drug-likeness (QED) is 0.888. The first-order chi connectivity index (χ1) is 9.41. The van der Waals surface area contributed by atoms with Gasteiger partial charge >= 0.3 is 0 Å². The van der Waals surface area contributed by atoms with Crippen LogP contribution >= 0.6 is 0 Å². The third-order valence-electron chi connectivity index (χ3n) is 3.26. The van der Waals surface area contributed by atoms with E-state index in [1.165, 1.54) is 0 Å². The van der Waals surface area contributed by atoms with Gasteiger partial charge in [-0.05, 0) is 31.4 Å². The highest BCUT2D eigenvalue weighted by Gasteiger charge is 2.21. The van der Waals surface area contributed by atoms with Gasteiger partial charge < -0.3 is 11.1 Å². The molecule has 0 aliphatic rings. The highest BCUT2D eigenvalue weighted by atomic mass is 16.2. The number of nitrogens with zero attached hydrogens (tertiary/aromatic N) is 3. The Balaban J connectivity index is 2.35. The standard InChI is InChI=1S/C14H21N5O/c1-8(2)7-17-13(20)10(4)19-12-11(18-14(19)15)9(3)5-6-16-12/h5-6,8,10H,7H2,1-4H3,(H2,15,18)(H,17,20). The maximum Gasteiger partial charge on any atom is 0.242 e. The molecular weight excluding hydrogens is 254 g/mol. The first-order valence-corrected chi connectivity index (χ1v) is 6.78. The van der Waals surface area contributed by atoms with E-state index in [-0.39, 0.29) is 5.91 Å². The summed E-state index contributed by atoms with van der Waals surface area (Å²) in [5.74, 6) is 0.644. The molecule has 1 amide bonds. The Morgan fingerprint density at radius 3 is 2.80 bits per heavy atom. The van der Waals surface area contributed by atoms with Crippen molar-refractivity contribution >= 4 is 23.0 Å². The number of fused-ring (bicyclic) bond motifs is 1. The molecule has 2 heterocycles. The van der Waals surface area contributed by atoms with Crippen LogP contribution < -0.4 is 11.1 Å². The minimum absolute atomic E-state index is 0.0759. The Kier molecular flexibility index (Phi) is 3.92. The fraction of sp³-hybridized carbons (Fsp3) is 0.500. The summed E-state index contributed by atoms with van der Waals surface area (Å²) in [6.07, 6.45) is 1.70. The van der Waals surface area contributed by atoms with Crippen LogP contribution in [0.5, 0.6) is 0 Å². The van der Waals surface area contributed by atoms with Crippen molar-refractivity contribution in [2.45, 2.75) is 33.7 Å². The lowest BCUT2D eigenvalue weighted by Crippen LogP contribution is -2.33. The molecule has 0 fully saturated rings. The lowest BCUT2D eigenvalue weighted by Gasteiger charge is -2.16. The number of hydrogen-bond donors (Lipinski definition) is 2. The van der Waals surface area contributed by atoms with E-state index in [1.807, 2.05) is 13.0 Å². The third kappa shape index (κ3) is 2.59. The summed E-state index contributed by atoms with van der Waals surface area (Å²) in [5.41, 5.74) is 8.34.